The molecule has 9 heteroatoms. The number of benzene rings is 2. The van der Waals surface area contributed by atoms with Gasteiger partial charge in [0.25, 0.3) is 15.9 Å². The van der Waals surface area contributed by atoms with Gasteiger partial charge in [-0.1, -0.05) is 33.7 Å². The molecule has 2 aromatic carbocycles. The highest BCUT2D eigenvalue weighted by Gasteiger charge is 2.25. The van der Waals surface area contributed by atoms with E-state index in [0.29, 0.717) is 15.2 Å². The largest absolute Gasteiger partial charge is 0.322 e. The summed E-state index contributed by atoms with van der Waals surface area (Å²) >= 11 is 12.0. The third-order valence-electron chi connectivity index (χ3n) is 3.50. The molecule has 0 unspecified atom stereocenters. The minimum absolute atomic E-state index is 0.0150. The lowest BCUT2D eigenvalue weighted by Crippen LogP contribution is -2.26. The van der Waals surface area contributed by atoms with Crippen molar-refractivity contribution in [1.29, 1.82) is 0 Å². The van der Waals surface area contributed by atoms with E-state index in [1.54, 1.807) is 18.2 Å². The summed E-state index contributed by atoms with van der Waals surface area (Å²) < 4.78 is 25.4. The Morgan fingerprint density at radius 2 is 1.80 bits per heavy atom. The molecule has 2 rings (SSSR count). The van der Waals surface area contributed by atoms with Crippen molar-refractivity contribution in [2.75, 3.05) is 19.5 Å². The molecule has 0 fully saturated rings. The van der Waals surface area contributed by atoms with E-state index >= 15 is 0 Å². The van der Waals surface area contributed by atoms with Crippen molar-refractivity contribution >= 4 is 44.8 Å². The van der Waals surface area contributed by atoms with Gasteiger partial charge in [0.2, 0.25) is 0 Å². The number of sulfonamides is 1. The van der Waals surface area contributed by atoms with Gasteiger partial charge in [-0.25, -0.2) is 8.42 Å². The topological polar surface area (TPSA) is 75.7 Å². The molecule has 2 aromatic rings. The van der Waals surface area contributed by atoms with Crippen molar-refractivity contribution in [2.24, 2.45) is 0 Å². The van der Waals surface area contributed by atoms with Crippen LogP contribution in [-0.4, -0.2) is 33.0 Å². The Labute approximate surface area is 156 Å². The van der Waals surface area contributed by atoms with Gasteiger partial charge in [0, 0.05) is 23.3 Å². The van der Waals surface area contributed by atoms with Crippen molar-refractivity contribution in [2.45, 2.75) is 11.8 Å². The Balaban J connectivity index is 2.35. The number of aryl methyl sites for hydroxylation is 1. The van der Waals surface area contributed by atoms with E-state index in [2.05, 4.69) is 5.32 Å². The first kappa shape index (κ1) is 19.7. The Morgan fingerprint density at radius 1 is 1.12 bits per heavy atom. The van der Waals surface area contributed by atoms with Crippen LogP contribution in [0.15, 0.2) is 41.3 Å². The SMILES string of the molecule is CON(C)S(=O)(=O)c1cc(C(=O)Nc2ccc(C)c(Cl)c2)ccc1Cl. The Hall–Kier alpha value is -1.64. The number of hydrogen-bond acceptors (Lipinski definition) is 4. The number of anilines is 1. The second-order valence-electron chi connectivity index (χ2n) is 5.16. The van der Waals surface area contributed by atoms with E-state index in [1.165, 1.54) is 32.4 Å². The van der Waals surface area contributed by atoms with Gasteiger partial charge in [0.05, 0.1) is 12.1 Å². The second-order valence-corrected chi connectivity index (χ2v) is 7.88. The molecule has 0 spiro atoms. The van der Waals surface area contributed by atoms with Crippen LogP contribution in [0.1, 0.15) is 15.9 Å². The zero-order valence-electron chi connectivity index (χ0n) is 13.7. The quantitative estimate of drug-likeness (QED) is 0.772. The van der Waals surface area contributed by atoms with E-state index < -0.39 is 15.9 Å². The highest BCUT2D eigenvalue weighted by molar-refractivity contribution is 7.89. The lowest BCUT2D eigenvalue weighted by molar-refractivity contribution is -0.0258. The minimum Gasteiger partial charge on any atom is -0.322 e. The molecular formula is C16H16Cl2N2O4S. The number of carbonyl (C=O) groups excluding carboxylic acids is 1. The Kier molecular flexibility index (Phi) is 6.08. The zero-order valence-corrected chi connectivity index (χ0v) is 16.0. The molecule has 0 saturated heterocycles. The standard InChI is InChI=1S/C16H16Cl2N2O4S/c1-10-4-6-12(9-14(10)18)19-16(21)11-5-7-13(17)15(8-11)25(22,23)20(2)24-3/h4-9H,1-3H3,(H,19,21). The molecular weight excluding hydrogens is 387 g/mol. The molecule has 0 radical (unpaired) electrons. The zero-order chi connectivity index (χ0) is 18.8. The molecule has 0 aliphatic rings. The van der Waals surface area contributed by atoms with Gasteiger partial charge in [-0.3, -0.25) is 9.63 Å². The molecule has 0 aliphatic heterocycles. The van der Waals surface area contributed by atoms with E-state index in [-0.39, 0.29) is 15.5 Å². The number of nitrogens with zero attached hydrogens (tertiary/aromatic N) is 1. The monoisotopic (exact) mass is 402 g/mol. The summed E-state index contributed by atoms with van der Waals surface area (Å²) in [7, 11) is -1.54. The van der Waals surface area contributed by atoms with Crippen LogP contribution >= 0.6 is 23.2 Å². The van der Waals surface area contributed by atoms with Crippen LogP contribution in [0.4, 0.5) is 5.69 Å². The maximum atomic E-state index is 12.4. The summed E-state index contributed by atoms with van der Waals surface area (Å²) in [6.45, 7) is 1.84. The maximum Gasteiger partial charge on any atom is 0.266 e. The molecule has 0 heterocycles. The number of carbonyl (C=O) groups is 1. The predicted octanol–water partition coefficient (Wildman–Crippen LogP) is 3.74. The fraction of sp³-hybridized carbons (Fsp3) is 0.188. The Bertz CT molecular complexity index is 916. The lowest BCUT2D eigenvalue weighted by Gasteiger charge is -2.16. The maximum absolute atomic E-state index is 12.4. The molecule has 0 atom stereocenters. The third kappa shape index (κ3) is 4.31. The molecule has 6 nitrogen and oxygen atoms in total. The smallest absolute Gasteiger partial charge is 0.266 e. The number of hydroxylamine groups is 1. The Morgan fingerprint density at radius 3 is 2.40 bits per heavy atom. The molecule has 0 bridgehead atoms. The number of halogens is 2. The summed E-state index contributed by atoms with van der Waals surface area (Å²) in [5.74, 6) is -0.492. The van der Waals surface area contributed by atoms with Gasteiger partial charge in [0.1, 0.15) is 4.90 Å². The van der Waals surface area contributed by atoms with Gasteiger partial charge >= 0.3 is 0 Å². The summed E-state index contributed by atoms with van der Waals surface area (Å²) in [6, 6.07) is 9.04. The van der Waals surface area contributed by atoms with Gasteiger partial charge in [-0.2, -0.15) is 0 Å². The van der Waals surface area contributed by atoms with Crippen LogP contribution in [0.5, 0.6) is 0 Å². The van der Waals surface area contributed by atoms with E-state index in [1.807, 2.05) is 6.92 Å². The van der Waals surface area contributed by atoms with Crippen LogP contribution in [0.25, 0.3) is 0 Å². The first-order chi connectivity index (χ1) is 11.7. The van der Waals surface area contributed by atoms with Gasteiger partial charge in [0.15, 0.2) is 0 Å². The predicted molar refractivity (Wildman–Crippen MR) is 97.6 cm³/mol. The van der Waals surface area contributed by atoms with Crippen molar-refractivity contribution in [3.8, 4) is 0 Å². The average molecular weight is 403 g/mol. The van der Waals surface area contributed by atoms with Gasteiger partial charge < -0.3 is 5.32 Å². The van der Waals surface area contributed by atoms with E-state index in [4.69, 9.17) is 28.0 Å². The molecule has 134 valence electrons. The minimum atomic E-state index is -3.98. The molecule has 0 aromatic heterocycles. The lowest BCUT2D eigenvalue weighted by atomic mass is 10.2. The average Bonchev–Trinajstić information content (AvgIpc) is 2.57. The second kappa shape index (κ2) is 7.72. The van der Waals surface area contributed by atoms with Crippen LogP contribution in [0.2, 0.25) is 10.0 Å². The summed E-state index contributed by atoms with van der Waals surface area (Å²) in [6.07, 6.45) is 0. The number of rotatable bonds is 5. The third-order valence-corrected chi connectivity index (χ3v) is 6.07. The number of hydrogen-bond donors (Lipinski definition) is 1. The highest BCUT2D eigenvalue weighted by atomic mass is 35.5. The van der Waals surface area contributed by atoms with Crippen LogP contribution in [-0.2, 0) is 14.9 Å². The molecule has 0 aliphatic carbocycles. The fourth-order valence-corrected chi connectivity index (χ4v) is 3.61. The van der Waals surface area contributed by atoms with Crippen molar-refractivity contribution in [3.05, 3.63) is 57.6 Å². The fourth-order valence-electron chi connectivity index (χ4n) is 1.95. The first-order valence-electron chi connectivity index (χ1n) is 7.07. The van der Waals surface area contributed by atoms with Crippen LogP contribution < -0.4 is 5.32 Å². The van der Waals surface area contributed by atoms with Gasteiger partial charge in [-0.15, -0.1) is 0 Å². The summed E-state index contributed by atoms with van der Waals surface area (Å²) in [5.41, 5.74) is 1.50. The van der Waals surface area contributed by atoms with Crippen LogP contribution in [0.3, 0.4) is 0 Å². The summed E-state index contributed by atoms with van der Waals surface area (Å²) in [4.78, 5) is 16.9. The molecule has 25 heavy (non-hydrogen) atoms. The van der Waals surface area contributed by atoms with Crippen molar-refractivity contribution in [3.63, 3.8) is 0 Å². The molecule has 1 N–H and O–H groups in total. The number of nitrogens with one attached hydrogen (secondary N) is 1. The van der Waals surface area contributed by atoms with Crippen LogP contribution in [0, 0.1) is 6.92 Å². The number of amides is 1. The normalized spacial score (nSPS) is 11.6. The van der Waals surface area contributed by atoms with Crippen molar-refractivity contribution in [1.82, 2.24) is 4.47 Å². The first-order valence-corrected chi connectivity index (χ1v) is 9.26. The van der Waals surface area contributed by atoms with E-state index in [9.17, 15) is 13.2 Å². The van der Waals surface area contributed by atoms with Gasteiger partial charge in [-0.05, 0) is 42.8 Å². The van der Waals surface area contributed by atoms with Crippen molar-refractivity contribution < 1.29 is 18.0 Å². The molecule has 1 amide bonds. The summed E-state index contributed by atoms with van der Waals surface area (Å²) in [5, 5.41) is 3.16. The van der Waals surface area contributed by atoms with E-state index in [0.717, 1.165) is 5.56 Å². The molecule has 0 saturated carbocycles. The highest BCUT2D eigenvalue weighted by Crippen LogP contribution is 2.26.